The second kappa shape index (κ2) is 5.17. The summed E-state index contributed by atoms with van der Waals surface area (Å²) < 4.78 is 5.24. The summed E-state index contributed by atoms with van der Waals surface area (Å²) in [5.41, 5.74) is 3.42. The van der Waals surface area contributed by atoms with Gasteiger partial charge in [0.2, 0.25) is 5.66 Å². The Morgan fingerprint density at radius 2 is 1.29 bits per heavy atom. The van der Waals surface area contributed by atoms with Gasteiger partial charge in [-0.15, -0.1) is 0 Å². The van der Waals surface area contributed by atoms with Gasteiger partial charge >= 0.3 is 0 Å². The van der Waals surface area contributed by atoms with Gasteiger partial charge in [0, 0.05) is 11.1 Å². The van der Waals surface area contributed by atoms with Crippen LogP contribution in [0.4, 0.5) is 0 Å². The van der Waals surface area contributed by atoms with Crippen molar-refractivity contribution >= 4 is 11.4 Å². The molecule has 0 amide bonds. The Morgan fingerprint density at radius 3 is 1.81 bits per heavy atom. The first-order valence-corrected chi connectivity index (χ1v) is 6.99. The van der Waals surface area contributed by atoms with Crippen LogP contribution in [-0.2, 0) is 5.66 Å². The van der Waals surface area contributed by atoms with Gasteiger partial charge in [0.25, 0.3) is 0 Å². The summed E-state index contributed by atoms with van der Waals surface area (Å²) in [6.45, 7) is 4.01. The summed E-state index contributed by atoms with van der Waals surface area (Å²) in [4.78, 5) is 9.74. The molecule has 3 nitrogen and oxygen atoms in total. The van der Waals surface area contributed by atoms with Crippen LogP contribution in [0, 0.1) is 0 Å². The van der Waals surface area contributed by atoms with Gasteiger partial charge in [0.15, 0.2) is 0 Å². The van der Waals surface area contributed by atoms with Crippen LogP contribution in [0.2, 0.25) is 0 Å². The molecule has 106 valence electrons. The van der Waals surface area contributed by atoms with Crippen molar-refractivity contribution in [3.63, 3.8) is 0 Å². The largest absolute Gasteiger partial charge is 0.497 e. The van der Waals surface area contributed by atoms with Crippen molar-refractivity contribution in [1.29, 1.82) is 0 Å². The number of ether oxygens (including phenoxy) is 1. The van der Waals surface area contributed by atoms with Crippen LogP contribution in [0.1, 0.15) is 25.0 Å². The third-order valence-corrected chi connectivity index (χ3v) is 3.85. The van der Waals surface area contributed by atoms with Gasteiger partial charge in [-0.25, -0.2) is 9.98 Å². The number of hydrogen-bond acceptors (Lipinski definition) is 3. The Labute approximate surface area is 125 Å². The molecule has 0 bridgehead atoms. The number of aliphatic imine (C=N–C) groups is 2. The number of rotatable bonds is 3. The van der Waals surface area contributed by atoms with E-state index >= 15 is 0 Å². The minimum Gasteiger partial charge on any atom is -0.497 e. The van der Waals surface area contributed by atoms with Crippen LogP contribution in [0.3, 0.4) is 0 Å². The van der Waals surface area contributed by atoms with E-state index in [-0.39, 0.29) is 0 Å². The summed E-state index contributed by atoms with van der Waals surface area (Å²) >= 11 is 0. The quantitative estimate of drug-likeness (QED) is 0.840. The zero-order chi connectivity index (χ0) is 14.9. The molecule has 2 aromatic carbocycles. The van der Waals surface area contributed by atoms with Gasteiger partial charge in [-0.2, -0.15) is 0 Å². The number of methoxy groups -OCH3 is 1. The zero-order valence-electron chi connectivity index (χ0n) is 12.5. The summed E-state index contributed by atoms with van der Waals surface area (Å²) in [5.74, 6) is 0.835. The first kappa shape index (κ1) is 13.6. The molecule has 3 rings (SSSR count). The summed E-state index contributed by atoms with van der Waals surface area (Å²) in [7, 11) is 1.67. The topological polar surface area (TPSA) is 34.0 Å². The molecule has 0 radical (unpaired) electrons. The highest BCUT2D eigenvalue weighted by atomic mass is 16.5. The van der Waals surface area contributed by atoms with Crippen LogP contribution in [0.5, 0.6) is 5.75 Å². The fourth-order valence-electron chi connectivity index (χ4n) is 2.59. The highest BCUT2D eigenvalue weighted by Crippen LogP contribution is 2.39. The molecule has 0 atom stereocenters. The minimum atomic E-state index is -0.665. The Kier molecular flexibility index (Phi) is 3.34. The monoisotopic (exact) mass is 278 g/mol. The average molecular weight is 278 g/mol. The molecule has 0 unspecified atom stereocenters. The molecule has 0 saturated heterocycles. The lowest BCUT2D eigenvalue weighted by atomic mass is 9.92. The first-order valence-electron chi connectivity index (χ1n) is 6.99. The molecule has 2 aromatic rings. The molecule has 3 heteroatoms. The lowest BCUT2D eigenvalue weighted by molar-refractivity contribution is 0.414. The Hall–Kier alpha value is -2.42. The number of hydrogen-bond donors (Lipinski definition) is 0. The number of nitrogens with zero attached hydrogens (tertiary/aromatic N) is 2. The SMILES string of the molecule is COc1ccc(C2(c3ccccc3)N=C(C)C(C)=N2)cc1. The standard InChI is InChI=1S/C18H18N2O/c1-13-14(2)20-18(19-13,15-7-5-4-6-8-15)16-9-11-17(21-3)12-10-16/h4-12H,1-3H3. The molecular formula is C18H18N2O. The van der Waals surface area contributed by atoms with Crippen LogP contribution in [0.25, 0.3) is 0 Å². The van der Waals surface area contributed by atoms with Gasteiger partial charge < -0.3 is 4.74 Å². The molecular weight excluding hydrogens is 260 g/mol. The highest BCUT2D eigenvalue weighted by molar-refractivity contribution is 6.42. The summed E-state index contributed by atoms with van der Waals surface area (Å²) in [6.07, 6.45) is 0. The molecule has 0 aliphatic carbocycles. The van der Waals surface area contributed by atoms with E-state index in [4.69, 9.17) is 14.7 Å². The van der Waals surface area contributed by atoms with E-state index in [0.717, 1.165) is 28.3 Å². The van der Waals surface area contributed by atoms with Gasteiger partial charge in [0.05, 0.1) is 18.5 Å². The van der Waals surface area contributed by atoms with E-state index < -0.39 is 5.66 Å². The smallest absolute Gasteiger partial charge is 0.201 e. The fraction of sp³-hybridized carbons (Fsp3) is 0.222. The van der Waals surface area contributed by atoms with Crippen LogP contribution >= 0.6 is 0 Å². The maximum atomic E-state index is 5.24. The van der Waals surface area contributed by atoms with Crippen molar-refractivity contribution in [1.82, 2.24) is 0 Å². The van der Waals surface area contributed by atoms with Crippen molar-refractivity contribution in [2.45, 2.75) is 19.5 Å². The second-order valence-electron chi connectivity index (χ2n) is 5.16. The number of benzene rings is 2. The van der Waals surface area contributed by atoms with Gasteiger partial charge in [-0.3, -0.25) is 0 Å². The Bertz CT molecular complexity index is 682. The lowest BCUT2D eigenvalue weighted by Gasteiger charge is -2.24. The molecule has 0 N–H and O–H groups in total. The highest BCUT2D eigenvalue weighted by Gasteiger charge is 2.37. The van der Waals surface area contributed by atoms with Gasteiger partial charge in [-0.05, 0) is 26.0 Å². The Morgan fingerprint density at radius 1 is 0.762 bits per heavy atom. The van der Waals surface area contributed by atoms with Crippen molar-refractivity contribution in [3.8, 4) is 5.75 Å². The fourth-order valence-corrected chi connectivity index (χ4v) is 2.59. The summed E-state index contributed by atoms with van der Waals surface area (Å²) in [6, 6.07) is 18.2. The predicted molar refractivity (Wildman–Crippen MR) is 86.4 cm³/mol. The van der Waals surface area contributed by atoms with Crippen molar-refractivity contribution in [2.75, 3.05) is 7.11 Å². The lowest BCUT2D eigenvalue weighted by Crippen LogP contribution is -2.21. The van der Waals surface area contributed by atoms with Crippen molar-refractivity contribution in [2.24, 2.45) is 9.98 Å². The van der Waals surface area contributed by atoms with Gasteiger partial charge in [-0.1, -0.05) is 42.5 Å². The molecule has 1 aliphatic rings. The molecule has 0 saturated carbocycles. The van der Waals surface area contributed by atoms with E-state index in [9.17, 15) is 0 Å². The molecule has 0 aromatic heterocycles. The predicted octanol–water partition coefficient (Wildman–Crippen LogP) is 3.83. The molecule has 0 spiro atoms. The van der Waals surface area contributed by atoms with Gasteiger partial charge in [0.1, 0.15) is 5.75 Å². The molecule has 21 heavy (non-hydrogen) atoms. The van der Waals surface area contributed by atoms with E-state index in [0.29, 0.717) is 0 Å². The third kappa shape index (κ3) is 2.25. The van der Waals surface area contributed by atoms with Crippen LogP contribution in [-0.4, -0.2) is 18.5 Å². The van der Waals surface area contributed by atoms with E-state index in [2.05, 4.69) is 12.1 Å². The Balaban J connectivity index is 2.19. The zero-order valence-corrected chi connectivity index (χ0v) is 12.5. The van der Waals surface area contributed by atoms with Crippen LogP contribution < -0.4 is 4.74 Å². The molecule has 1 aliphatic heterocycles. The summed E-state index contributed by atoms with van der Waals surface area (Å²) in [5, 5.41) is 0. The van der Waals surface area contributed by atoms with E-state index in [1.54, 1.807) is 7.11 Å². The van der Waals surface area contributed by atoms with Crippen molar-refractivity contribution < 1.29 is 4.74 Å². The normalized spacial score (nSPS) is 16.3. The molecule has 1 heterocycles. The molecule has 0 fully saturated rings. The first-order chi connectivity index (χ1) is 10.2. The third-order valence-electron chi connectivity index (χ3n) is 3.85. The van der Waals surface area contributed by atoms with E-state index in [1.807, 2.05) is 56.3 Å². The van der Waals surface area contributed by atoms with Crippen molar-refractivity contribution in [3.05, 3.63) is 65.7 Å². The second-order valence-corrected chi connectivity index (χ2v) is 5.16. The minimum absolute atomic E-state index is 0.665. The van der Waals surface area contributed by atoms with E-state index in [1.165, 1.54) is 0 Å². The maximum absolute atomic E-state index is 5.24. The average Bonchev–Trinajstić information content (AvgIpc) is 2.85. The van der Waals surface area contributed by atoms with Crippen LogP contribution in [0.15, 0.2) is 64.6 Å². The maximum Gasteiger partial charge on any atom is 0.201 e.